The molecule has 0 heterocycles. The highest BCUT2D eigenvalue weighted by atomic mass is 32.2. The Bertz CT molecular complexity index is 1510. The molecule has 0 aliphatic heterocycles. The van der Waals surface area contributed by atoms with Gasteiger partial charge in [0.2, 0.25) is 5.91 Å². The molecule has 41 heavy (non-hydrogen) atoms. The highest BCUT2D eigenvalue weighted by Crippen LogP contribution is 2.32. The average Bonchev–Trinajstić information content (AvgIpc) is 3.78. The number of carbonyl (C=O) groups is 1. The molecule has 0 radical (unpaired) electrons. The number of carbonyl (C=O) groups excluding carboxylic acids is 1. The number of rotatable bonds is 12. The third kappa shape index (κ3) is 7.70. The molecule has 2 N–H and O–H groups in total. The highest BCUT2D eigenvalue weighted by Gasteiger charge is 2.32. The lowest BCUT2D eigenvalue weighted by atomic mass is 10.00. The van der Waals surface area contributed by atoms with Gasteiger partial charge in [-0.1, -0.05) is 84.9 Å². The van der Waals surface area contributed by atoms with E-state index in [1.165, 1.54) is 0 Å². The smallest absolute Gasteiger partial charge is 0.228 e. The van der Waals surface area contributed by atoms with E-state index in [4.69, 9.17) is 0 Å². The third-order valence-electron chi connectivity index (χ3n) is 7.56. The van der Waals surface area contributed by atoms with Crippen LogP contribution in [0.5, 0.6) is 0 Å². The molecular weight excluding hydrogens is 532 g/mol. The fourth-order valence-electron chi connectivity index (χ4n) is 4.92. The van der Waals surface area contributed by atoms with E-state index >= 15 is 0 Å². The number of amides is 1. The lowest BCUT2D eigenvalue weighted by molar-refractivity contribution is -0.115. The van der Waals surface area contributed by atoms with Crippen molar-refractivity contribution in [3.63, 3.8) is 0 Å². The van der Waals surface area contributed by atoms with Gasteiger partial charge >= 0.3 is 0 Å². The molecule has 0 spiro atoms. The fourth-order valence-corrected chi connectivity index (χ4v) is 6.62. The molecule has 1 aliphatic carbocycles. The normalized spacial score (nSPS) is 14.9. The lowest BCUT2D eigenvalue weighted by Crippen LogP contribution is -2.43. The number of nitrogens with one attached hydrogen (secondary N) is 1. The number of hydrogen-bond donors (Lipinski definition) is 2. The van der Waals surface area contributed by atoms with Crippen LogP contribution in [0.4, 0.5) is 5.69 Å². The fraction of sp³-hybridized carbons (Fsp3) is 0.265. The molecule has 5 rings (SSSR count). The molecule has 7 heteroatoms. The van der Waals surface area contributed by atoms with Gasteiger partial charge in [-0.3, -0.25) is 9.69 Å². The second-order valence-corrected chi connectivity index (χ2v) is 13.1. The van der Waals surface area contributed by atoms with E-state index in [1.807, 2.05) is 77.7 Å². The van der Waals surface area contributed by atoms with Crippen LogP contribution in [0.25, 0.3) is 0 Å². The van der Waals surface area contributed by atoms with E-state index in [2.05, 4.69) is 5.32 Å². The Morgan fingerprint density at radius 1 is 0.805 bits per heavy atom. The molecule has 1 atom stereocenters. The summed E-state index contributed by atoms with van der Waals surface area (Å²) in [6.45, 7) is 2.91. The van der Waals surface area contributed by atoms with E-state index in [1.54, 1.807) is 43.3 Å². The molecule has 4 aromatic carbocycles. The maximum Gasteiger partial charge on any atom is 0.228 e. The molecule has 0 bridgehead atoms. The van der Waals surface area contributed by atoms with Crippen LogP contribution in [0.1, 0.15) is 42.0 Å². The Morgan fingerprint density at radius 2 is 1.34 bits per heavy atom. The van der Waals surface area contributed by atoms with Gasteiger partial charge in [0, 0.05) is 18.8 Å². The molecule has 1 aliphatic rings. The standard InChI is InChI=1S/C34H36N2O4S/c1-34(38,36(23-27-8-4-2-5-9-27)24-28-10-6-3-7-11-28)30-16-18-31(19-17-30)35-33(37)22-26-14-20-32(21-15-26)41(39,40)25-29-12-13-29/h2-11,14-21,29,38H,12-13,22-25H2,1H3,(H,35,37). The summed E-state index contributed by atoms with van der Waals surface area (Å²) in [5, 5.41) is 14.7. The second-order valence-electron chi connectivity index (χ2n) is 11.0. The van der Waals surface area contributed by atoms with E-state index in [9.17, 15) is 18.3 Å². The van der Waals surface area contributed by atoms with Crippen LogP contribution in [0.2, 0.25) is 0 Å². The van der Waals surface area contributed by atoms with Gasteiger partial charge < -0.3 is 10.4 Å². The second kappa shape index (κ2) is 12.4. The van der Waals surface area contributed by atoms with E-state index in [0.29, 0.717) is 29.2 Å². The van der Waals surface area contributed by atoms with Crippen molar-refractivity contribution in [2.45, 2.75) is 49.9 Å². The topological polar surface area (TPSA) is 86.7 Å². The van der Waals surface area contributed by atoms with Gasteiger partial charge in [0.15, 0.2) is 9.84 Å². The lowest BCUT2D eigenvalue weighted by Gasteiger charge is -2.38. The Labute approximate surface area is 242 Å². The highest BCUT2D eigenvalue weighted by molar-refractivity contribution is 7.91. The Kier molecular flexibility index (Phi) is 8.68. The van der Waals surface area contributed by atoms with E-state index in [-0.39, 0.29) is 24.0 Å². The molecule has 1 fully saturated rings. The number of aliphatic hydroxyl groups is 1. The van der Waals surface area contributed by atoms with Crippen molar-refractivity contribution in [1.82, 2.24) is 4.90 Å². The van der Waals surface area contributed by atoms with E-state index < -0.39 is 15.6 Å². The number of hydrogen-bond acceptors (Lipinski definition) is 5. The summed E-state index contributed by atoms with van der Waals surface area (Å²) in [6.07, 6.45) is 2.09. The zero-order chi connectivity index (χ0) is 28.9. The zero-order valence-electron chi connectivity index (χ0n) is 23.2. The minimum atomic E-state index is -3.27. The van der Waals surface area contributed by atoms with Gasteiger partial charge in [0.25, 0.3) is 0 Å². The molecule has 0 aromatic heterocycles. The van der Waals surface area contributed by atoms with Crippen molar-refractivity contribution in [3.05, 3.63) is 131 Å². The van der Waals surface area contributed by atoms with Crippen molar-refractivity contribution < 1.29 is 18.3 Å². The summed E-state index contributed by atoms with van der Waals surface area (Å²) < 4.78 is 25.0. The molecule has 0 saturated heterocycles. The summed E-state index contributed by atoms with van der Waals surface area (Å²) in [5.41, 5.74) is 3.00. The first-order valence-electron chi connectivity index (χ1n) is 14.0. The van der Waals surface area contributed by atoms with Crippen molar-refractivity contribution in [1.29, 1.82) is 0 Å². The van der Waals surface area contributed by atoms with Crippen LogP contribution >= 0.6 is 0 Å². The zero-order valence-corrected chi connectivity index (χ0v) is 24.1. The van der Waals surface area contributed by atoms with Crippen LogP contribution in [-0.2, 0) is 39.9 Å². The maximum atomic E-state index is 12.7. The van der Waals surface area contributed by atoms with Crippen LogP contribution in [0.3, 0.4) is 0 Å². The van der Waals surface area contributed by atoms with Crippen molar-refractivity contribution in [3.8, 4) is 0 Å². The Hall–Kier alpha value is -3.78. The number of sulfone groups is 1. The minimum Gasteiger partial charge on any atom is -0.372 e. The maximum absolute atomic E-state index is 12.7. The molecule has 1 saturated carbocycles. The number of nitrogens with zero attached hydrogens (tertiary/aromatic N) is 1. The Balaban J connectivity index is 1.24. The van der Waals surface area contributed by atoms with Crippen molar-refractivity contribution in [2.24, 2.45) is 5.92 Å². The summed E-state index contributed by atoms with van der Waals surface area (Å²) in [4.78, 5) is 15.1. The van der Waals surface area contributed by atoms with Gasteiger partial charge in [-0.25, -0.2) is 8.42 Å². The summed E-state index contributed by atoms with van der Waals surface area (Å²) >= 11 is 0. The quantitative estimate of drug-likeness (QED) is 0.207. The average molecular weight is 569 g/mol. The summed E-state index contributed by atoms with van der Waals surface area (Å²) in [5.74, 6) is 0.288. The van der Waals surface area contributed by atoms with Gasteiger partial charge in [-0.15, -0.1) is 0 Å². The summed E-state index contributed by atoms with van der Waals surface area (Å²) in [7, 11) is -3.27. The molecule has 4 aromatic rings. The Morgan fingerprint density at radius 3 is 1.85 bits per heavy atom. The molecule has 1 amide bonds. The molecular formula is C34H36N2O4S. The first kappa shape index (κ1) is 28.7. The molecule has 6 nitrogen and oxygen atoms in total. The first-order valence-corrected chi connectivity index (χ1v) is 15.6. The molecule has 1 unspecified atom stereocenters. The monoisotopic (exact) mass is 568 g/mol. The third-order valence-corrected chi connectivity index (χ3v) is 9.46. The molecule has 212 valence electrons. The van der Waals surface area contributed by atoms with Crippen LogP contribution in [0.15, 0.2) is 114 Å². The van der Waals surface area contributed by atoms with Crippen molar-refractivity contribution in [2.75, 3.05) is 11.1 Å². The largest absolute Gasteiger partial charge is 0.372 e. The SMILES string of the molecule is CC(O)(c1ccc(NC(=O)Cc2ccc(S(=O)(=O)CC3CC3)cc2)cc1)N(Cc1ccccc1)Cc1ccccc1. The predicted molar refractivity (Wildman–Crippen MR) is 162 cm³/mol. The number of anilines is 1. The van der Waals surface area contributed by atoms with Crippen LogP contribution in [-0.4, -0.2) is 30.1 Å². The van der Waals surface area contributed by atoms with Crippen LogP contribution < -0.4 is 5.32 Å². The van der Waals surface area contributed by atoms with Gasteiger partial charge in [-0.2, -0.15) is 0 Å². The van der Waals surface area contributed by atoms with Crippen molar-refractivity contribution >= 4 is 21.4 Å². The van der Waals surface area contributed by atoms with E-state index in [0.717, 1.165) is 29.5 Å². The summed E-state index contributed by atoms with van der Waals surface area (Å²) in [6, 6.07) is 34.0. The van der Waals surface area contributed by atoms with Gasteiger partial charge in [0.05, 0.1) is 17.1 Å². The first-order chi connectivity index (χ1) is 19.7. The van der Waals surface area contributed by atoms with Crippen LogP contribution in [0, 0.1) is 5.92 Å². The van der Waals surface area contributed by atoms with Gasteiger partial charge in [0.1, 0.15) is 5.72 Å². The number of benzene rings is 4. The van der Waals surface area contributed by atoms with Gasteiger partial charge in [-0.05, 0) is 72.2 Å². The predicted octanol–water partition coefficient (Wildman–Crippen LogP) is 5.92. The minimum absolute atomic E-state index is 0.129.